The summed E-state index contributed by atoms with van der Waals surface area (Å²) in [6, 6.07) is 14.1. The molecule has 2 aromatic carbocycles. The molecule has 3 amide bonds. The van der Waals surface area contributed by atoms with Crippen LogP contribution in [0, 0.1) is 11.7 Å². The van der Waals surface area contributed by atoms with Crippen molar-refractivity contribution < 1.29 is 14.0 Å². The molecule has 0 bridgehead atoms. The van der Waals surface area contributed by atoms with Gasteiger partial charge in [0.1, 0.15) is 5.82 Å². The van der Waals surface area contributed by atoms with Gasteiger partial charge in [0.2, 0.25) is 0 Å². The first-order valence-corrected chi connectivity index (χ1v) is 10.3. The summed E-state index contributed by atoms with van der Waals surface area (Å²) in [6.45, 7) is 2.66. The summed E-state index contributed by atoms with van der Waals surface area (Å²) in [7, 11) is 0. The van der Waals surface area contributed by atoms with Gasteiger partial charge >= 0.3 is 6.03 Å². The smallest absolute Gasteiger partial charge is 0.321 e. The van der Waals surface area contributed by atoms with Gasteiger partial charge in [-0.1, -0.05) is 24.3 Å². The van der Waals surface area contributed by atoms with E-state index in [0.717, 1.165) is 37.1 Å². The molecule has 1 unspecified atom stereocenters. The van der Waals surface area contributed by atoms with Crippen LogP contribution >= 0.6 is 0 Å². The predicted molar refractivity (Wildman–Crippen MR) is 111 cm³/mol. The molecule has 1 atom stereocenters. The number of nitrogens with zero attached hydrogens (tertiary/aromatic N) is 2. The number of anilines is 1. The van der Waals surface area contributed by atoms with Crippen molar-refractivity contribution in [2.24, 2.45) is 5.92 Å². The van der Waals surface area contributed by atoms with Crippen molar-refractivity contribution in [2.45, 2.75) is 25.7 Å². The average Bonchev–Trinajstić information content (AvgIpc) is 3.19. The van der Waals surface area contributed by atoms with E-state index in [1.807, 2.05) is 35.2 Å². The van der Waals surface area contributed by atoms with Gasteiger partial charge in [0.15, 0.2) is 0 Å². The number of aryl methyl sites for hydroxylation is 1. The number of halogens is 1. The number of hydrogen-bond acceptors (Lipinski definition) is 2. The van der Waals surface area contributed by atoms with Crippen LogP contribution in [0.25, 0.3) is 0 Å². The Morgan fingerprint density at radius 3 is 2.79 bits per heavy atom. The summed E-state index contributed by atoms with van der Waals surface area (Å²) >= 11 is 0. The van der Waals surface area contributed by atoms with Crippen LogP contribution in [0.1, 0.15) is 35.2 Å². The summed E-state index contributed by atoms with van der Waals surface area (Å²) in [4.78, 5) is 28.5. The average molecular weight is 395 g/mol. The highest BCUT2D eigenvalue weighted by molar-refractivity contribution is 5.98. The quantitative estimate of drug-likeness (QED) is 0.836. The van der Waals surface area contributed by atoms with Crippen molar-refractivity contribution >= 4 is 17.6 Å². The van der Waals surface area contributed by atoms with Gasteiger partial charge in [-0.15, -0.1) is 0 Å². The Morgan fingerprint density at radius 2 is 2.00 bits per heavy atom. The van der Waals surface area contributed by atoms with Crippen LogP contribution < -0.4 is 10.2 Å². The highest BCUT2D eigenvalue weighted by Crippen LogP contribution is 2.25. The Balaban J connectivity index is 1.40. The van der Waals surface area contributed by atoms with Crippen LogP contribution in [0.5, 0.6) is 0 Å². The molecular weight excluding hydrogens is 369 g/mol. The van der Waals surface area contributed by atoms with Crippen molar-refractivity contribution in [3.05, 3.63) is 65.5 Å². The fourth-order valence-corrected chi connectivity index (χ4v) is 4.25. The summed E-state index contributed by atoms with van der Waals surface area (Å²) in [5, 5.41) is 2.78. The lowest BCUT2D eigenvalue weighted by atomic mass is 9.91. The number of rotatable bonds is 5. The largest absolute Gasteiger partial charge is 0.338 e. The highest BCUT2D eigenvalue weighted by atomic mass is 19.1. The van der Waals surface area contributed by atoms with Crippen molar-refractivity contribution in [3.63, 3.8) is 0 Å². The van der Waals surface area contributed by atoms with Crippen LogP contribution in [0.4, 0.5) is 14.9 Å². The van der Waals surface area contributed by atoms with Gasteiger partial charge in [-0.3, -0.25) is 9.69 Å². The van der Waals surface area contributed by atoms with Crippen LogP contribution in [0.3, 0.4) is 0 Å². The summed E-state index contributed by atoms with van der Waals surface area (Å²) in [6.07, 6.45) is 3.59. The number of amides is 3. The lowest BCUT2D eigenvalue weighted by Crippen LogP contribution is -2.40. The molecule has 2 fully saturated rings. The summed E-state index contributed by atoms with van der Waals surface area (Å²) in [5.74, 6) is 0.223. The predicted octanol–water partition coefficient (Wildman–Crippen LogP) is 3.84. The molecule has 0 saturated carbocycles. The molecule has 2 heterocycles. The minimum absolute atomic E-state index is 0.00190. The first-order valence-electron chi connectivity index (χ1n) is 10.3. The van der Waals surface area contributed by atoms with Gasteiger partial charge in [-0.05, 0) is 61.4 Å². The topological polar surface area (TPSA) is 52.7 Å². The molecule has 4 rings (SSSR count). The standard InChI is InChI=1S/C23H26FN3O2/c24-21-9-2-1-6-18(21)11-10-17-5-4-13-26(16-17)22(28)19-7-3-8-20(15-19)27-14-12-25-23(27)29/h1-3,6-9,15,17H,4-5,10-14,16H2,(H,25,29). The SMILES string of the molecule is O=C(c1cccc(N2CCNC2=O)c1)N1CCCC(CCc2ccccc2F)C1. The first kappa shape index (κ1) is 19.4. The number of likely N-dealkylation sites (tertiary alicyclic amines) is 1. The monoisotopic (exact) mass is 395 g/mol. The lowest BCUT2D eigenvalue weighted by Gasteiger charge is -2.33. The zero-order valence-electron chi connectivity index (χ0n) is 16.4. The van der Waals surface area contributed by atoms with E-state index >= 15 is 0 Å². The van der Waals surface area contributed by atoms with Gasteiger partial charge in [0.25, 0.3) is 5.91 Å². The van der Waals surface area contributed by atoms with E-state index in [4.69, 9.17) is 0 Å². The molecular formula is C23H26FN3O2. The van der Waals surface area contributed by atoms with Gasteiger partial charge in [-0.2, -0.15) is 0 Å². The van der Waals surface area contributed by atoms with Gasteiger partial charge in [0.05, 0.1) is 0 Å². The number of carbonyl (C=O) groups is 2. The second-order valence-electron chi connectivity index (χ2n) is 7.82. The molecule has 29 heavy (non-hydrogen) atoms. The van der Waals surface area contributed by atoms with Crippen LogP contribution in [0.2, 0.25) is 0 Å². The normalized spacial score (nSPS) is 19.3. The molecule has 2 aromatic rings. The van der Waals surface area contributed by atoms with Crippen molar-refractivity contribution in [1.29, 1.82) is 0 Å². The van der Waals surface area contributed by atoms with E-state index in [9.17, 15) is 14.0 Å². The summed E-state index contributed by atoms with van der Waals surface area (Å²) in [5.41, 5.74) is 2.10. The van der Waals surface area contributed by atoms with Crippen LogP contribution in [-0.2, 0) is 6.42 Å². The number of hydrogen-bond donors (Lipinski definition) is 1. The second-order valence-corrected chi connectivity index (χ2v) is 7.82. The molecule has 2 aliphatic heterocycles. The number of piperidine rings is 1. The van der Waals surface area contributed by atoms with Crippen LogP contribution in [-0.4, -0.2) is 43.0 Å². The van der Waals surface area contributed by atoms with E-state index in [1.54, 1.807) is 17.0 Å². The Morgan fingerprint density at radius 1 is 1.14 bits per heavy atom. The maximum atomic E-state index is 13.9. The molecule has 152 valence electrons. The molecule has 2 saturated heterocycles. The first-order chi connectivity index (χ1) is 14.1. The Labute approximate surface area is 170 Å². The zero-order chi connectivity index (χ0) is 20.2. The number of urea groups is 1. The van der Waals surface area contributed by atoms with E-state index in [2.05, 4.69) is 5.32 Å². The number of nitrogens with one attached hydrogen (secondary N) is 1. The third-order valence-corrected chi connectivity index (χ3v) is 5.85. The molecule has 6 heteroatoms. The van der Waals surface area contributed by atoms with Crippen molar-refractivity contribution in [3.8, 4) is 0 Å². The molecule has 5 nitrogen and oxygen atoms in total. The molecule has 1 N–H and O–H groups in total. The van der Waals surface area contributed by atoms with E-state index in [-0.39, 0.29) is 17.8 Å². The Kier molecular flexibility index (Phi) is 5.79. The Hall–Kier alpha value is -2.89. The molecule has 0 aromatic heterocycles. The maximum absolute atomic E-state index is 13.9. The third kappa shape index (κ3) is 4.42. The summed E-state index contributed by atoms with van der Waals surface area (Å²) < 4.78 is 13.9. The molecule has 0 spiro atoms. The molecule has 2 aliphatic rings. The molecule has 0 radical (unpaired) electrons. The van der Waals surface area contributed by atoms with Crippen LogP contribution in [0.15, 0.2) is 48.5 Å². The number of benzene rings is 2. The fourth-order valence-electron chi connectivity index (χ4n) is 4.25. The van der Waals surface area contributed by atoms with Crippen molar-refractivity contribution in [1.82, 2.24) is 10.2 Å². The minimum atomic E-state index is -0.154. The third-order valence-electron chi connectivity index (χ3n) is 5.85. The van der Waals surface area contributed by atoms with Gasteiger partial charge in [-0.25, -0.2) is 9.18 Å². The maximum Gasteiger partial charge on any atom is 0.321 e. The van der Waals surface area contributed by atoms with Gasteiger partial charge in [0, 0.05) is 37.4 Å². The van der Waals surface area contributed by atoms with Gasteiger partial charge < -0.3 is 10.2 Å². The molecule has 0 aliphatic carbocycles. The zero-order valence-corrected chi connectivity index (χ0v) is 16.4. The van der Waals surface area contributed by atoms with E-state index in [0.29, 0.717) is 37.5 Å². The number of carbonyl (C=O) groups excluding carboxylic acids is 2. The van der Waals surface area contributed by atoms with Crippen molar-refractivity contribution in [2.75, 3.05) is 31.1 Å². The van der Waals surface area contributed by atoms with E-state index < -0.39 is 0 Å². The highest BCUT2D eigenvalue weighted by Gasteiger charge is 2.26. The lowest BCUT2D eigenvalue weighted by molar-refractivity contribution is 0.0668. The van der Waals surface area contributed by atoms with E-state index in [1.165, 1.54) is 6.07 Å². The second kappa shape index (κ2) is 8.64. The Bertz CT molecular complexity index is 901. The minimum Gasteiger partial charge on any atom is -0.338 e. The fraction of sp³-hybridized carbons (Fsp3) is 0.391.